The summed E-state index contributed by atoms with van der Waals surface area (Å²) in [5.41, 5.74) is 5.45. The molecule has 0 aromatic heterocycles. The molecule has 3 N–H and O–H groups in total. The molecule has 0 saturated heterocycles. The summed E-state index contributed by atoms with van der Waals surface area (Å²) in [5, 5.41) is 8.62. The van der Waals surface area contributed by atoms with Crippen LogP contribution in [0, 0.1) is 0 Å². The highest BCUT2D eigenvalue weighted by Gasteiger charge is 2.18. The van der Waals surface area contributed by atoms with Crippen molar-refractivity contribution in [1.82, 2.24) is 0 Å². The van der Waals surface area contributed by atoms with Crippen LogP contribution in [-0.4, -0.2) is 33.2 Å². The Bertz CT molecular complexity index is 149. The molecule has 1 unspecified atom stereocenters. The standard InChI is InChI=1S/C8H17NO2S2/c1-3-12-7(13-4-2)5-6(9)8(10)11/h6-7H,3-5,9H2,1-2H3,(H,10,11). The molecule has 0 amide bonds. The van der Waals surface area contributed by atoms with E-state index in [2.05, 4.69) is 13.8 Å². The largest absolute Gasteiger partial charge is 0.480 e. The van der Waals surface area contributed by atoms with E-state index >= 15 is 0 Å². The lowest BCUT2D eigenvalue weighted by Gasteiger charge is -2.16. The molecule has 78 valence electrons. The summed E-state index contributed by atoms with van der Waals surface area (Å²) in [5.74, 6) is 1.10. The lowest BCUT2D eigenvalue weighted by atomic mass is 10.2. The zero-order valence-electron chi connectivity index (χ0n) is 8.03. The minimum Gasteiger partial charge on any atom is -0.480 e. The maximum atomic E-state index is 10.5. The number of carboxylic acids is 1. The van der Waals surface area contributed by atoms with E-state index in [4.69, 9.17) is 10.8 Å². The maximum Gasteiger partial charge on any atom is 0.320 e. The van der Waals surface area contributed by atoms with Gasteiger partial charge in [-0.25, -0.2) is 0 Å². The van der Waals surface area contributed by atoms with Crippen molar-refractivity contribution in [2.45, 2.75) is 30.9 Å². The minimum absolute atomic E-state index is 0.320. The van der Waals surface area contributed by atoms with Crippen LogP contribution in [0.5, 0.6) is 0 Å². The van der Waals surface area contributed by atoms with Crippen molar-refractivity contribution in [2.75, 3.05) is 11.5 Å². The fraction of sp³-hybridized carbons (Fsp3) is 0.875. The van der Waals surface area contributed by atoms with Crippen LogP contribution in [0.1, 0.15) is 20.3 Å². The van der Waals surface area contributed by atoms with Gasteiger partial charge in [-0.3, -0.25) is 4.79 Å². The van der Waals surface area contributed by atoms with Crippen LogP contribution < -0.4 is 5.73 Å². The molecule has 0 fully saturated rings. The smallest absolute Gasteiger partial charge is 0.320 e. The van der Waals surface area contributed by atoms with Crippen LogP contribution in [0.2, 0.25) is 0 Å². The number of carbonyl (C=O) groups is 1. The number of aliphatic carboxylic acids is 1. The second kappa shape index (κ2) is 7.53. The van der Waals surface area contributed by atoms with Crippen molar-refractivity contribution in [2.24, 2.45) is 5.73 Å². The SMILES string of the molecule is CCSC(CC(N)C(=O)O)SCC. The second-order valence-corrected chi connectivity index (χ2v) is 5.78. The van der Waals surface area contributed by atoms with Gasteiger partial charge in [-0.05, 0) is 17.9 Å². The molecule has 0 aromatic rings. The predicted molar refractivity (Wildman–Crippen MR) is 60.3 cm³/mol. The van der Waals surface area contributed by atoms with Crippen molar-refractivity contribution in [3.8, 4) is 0 Å². The average molecular weight is 223 g/mol. The fourth-order valence-corrected chi connectivity index (χ4v) is 3.50. The summed E-state index contributed by atoms with van der Waals surface area (Å²) < 4.78 is 0.320. The number of hydrogen-bond donors (Lipinski definition) is 2. The fourth-order valence-electron chi connectivity index (χ4n) is 0.864. The summed E-state index contributed by atoms with van der Waals surface area (Å²) in [7, 11) is 0. The minimum atomic E-state index is -0.904. The van der Waals surface area contributed by atoms with Crippen LogP contribution in [0.3, 0.4) is 0 Å². The zero-order chi connectivity index (χ0) is 10.3. The topological polar surface area (TPSA) is 63.3 Å². The summed E-state index contributed by atoms with van der Waals surface area (Å²) >= 11 is 3.53. The molecular weight excluding hydrogens is 206 g/mol. The van der Waals surface area contributed by atoms with Gasteiger partial charge in [-0.1, -0.05) is 13.8 Å². The van der Waals surface area contributed by atoms with E-state index in [0.29, 0.717) is 11.0 Å². The van der Waals surface area contributed by atoms with Gasteiger partial charge in [0.05, 0.1) is 4.58 Å². The Balaban J connectivity index is 3.85. The van der Waals surface area contributed by atoms with Crippen molar-refractivity contribution in [3.63, 3.8) is 0 Å². The first-order valence-corrected chi connectivity index (χ1v) is 6.43. The van der Waals surface area contributed by atoms with E-state index < -0.39 is 12.0 Å². The molecule has 5 heteroatoms. The summed E-state index contributed by atoms with van der Waals surface area (Å²) in [6.45, 7) is 4.14. The number of nitrogens with two attached hydrogens (primary N) is 1. The third kappa shape index (κ3) is 6.23. The normalized spacial score (nSPS) is 13.2. The summed E-state index contributed by atoms with van der Waals surface area (Å²) in [6.07, 6.45) is 0.548. The van der Waals surface area contributed by atoms with Gasteiger partial charge in [0.2, 0.25) is 0 Å². The van der Waals surface area contributed by atoms with Gasteiger partial charge >= 0.3 is 5.97 Å². The predicted octanol–water partition coefficient (Wildman–Crippen LogP) is 1.62. The molecule has 0 aliphatic heterocycles. The molecule has 0 aliphatic carbocycles. The highest BCUT2D eigenvalue weighted by atomic mass is 32.2. The van der Waals surface area contributed by atoms with Gasteiger partial charge < -0.3 is 10.8 Å². The van der Waals surface area contributed by atoms with Crippen LogP contribution in [0.4, 0.5) is 0 Å². The molecule has 0 radical (unpaired) electrons. The summed E-state index contributed by atoms with van der Waals surface area (Å²) in [6, 6.07) is -0.719. The van der Waals surface area contributed by atoms with Crippen molar-refractivity contribution in [1.29, 1.82) is 0 Å². The molecule has 0 heterocycles. The lowest BCUT2D eigenvalue weighted by molar-refractivity contribution is -0.138. The molecule has 3 nitrogen and oxygen atoms in total. The van der Waals surface area contributed by atoms with Crippen molar-refractivity contribution < 1.29 is 9.90 Å². The molecule has 0 saturated carbocycles. The Labute approximate surface area is 87.8 Å². The Kier molecular flexibility index (Phi) is 7.60. The molecule has 0 aromatic carbocycles. The molecular formula is C8H17NO2S2. The number of thioether (sulfide) groups is 2. The number of hydrogen-bond acceptors (Lipinski definition) is 4. The van der Waals surface area contributed by atoms with Crippen LogP contribution in [0.15, 0.2) is 0 Å². The Morgan fingerprint density at radius 1 is 1.38 bits per heavy atom. The quantitative estimate of drug-likeness (QED) is 0.642. The first kappa shape index (κ1) is 13.1. The molecule has 0 rings (SSSR count). The van der Waals surface area contributed by atoms with E-state index in [-0.39, 0.29) is 0 Å². The van der Waals surface area contributed by atoms with E-state index in [1.807, 2.05) is 0 Å². The lowest BCUT2D eigenvalue weighted by Crippen LogP contribution is -2.32. The van der Waals surface area contributed by atoms with Gasteiger partial charge in [0.15, 0.2) is 0 Å². The summed E-state index contributed by atoms with van der Waals surface area (Å²) in [4.78, 5) is 10.5. The highest BCUT2D eigenvalue weighted by Crippen LogP contribution is 2.27. The highest BCUT2D eigenvalue weighted by molar-refractivity contribution is 8.16. The van der Waals surface area contributed by atoms with E-state index in [0.717, 1.165) is 11.5 Å². The third-order valence-corrected chi connectivity index (χ3v) is 4.08. The van der Waals surface area contributed by atoms with Crippen molar-refractivity contribution >= 4 is 29.5 Å². The molecule has 0 aliphatic rings. The first-order chi connectivity index (χ1) is 6.11. The maximum absolute atomic E-state index is 10.5. The third-order valence-electron chi connectivity index (χ3n) is 1.47. The van der Waals surface area contributed by atoms with Gasteiger partial charge in [-0.15, -0.1) is 23.5 Å². The van der Waals surface area contributed by atoms with E-state index in [1.165, 1.54) is 0 Å². The van der Waals surface area contributed by atoms with Crippen molar-refractivity contribution in [3.05, 3.63) is 0 Å². The number of rotatable bonds is 7. The second-order valence-electron chi connectivity index (χ2n) is 2.52. The van der Waals surface area contributed by atoms with E-state index in [1.54, 1.807) is 23.5 Å². The van der Waals surface area contributed by atoms with Gasteiger partial charge in [0.1, 0.15) is 6.04 Å². The molecule has 1 atom stereocenters. The zero-order valence-corrected chi connectivity index (χ0v) is 9.66. The monoisotopic (exact) mass is 223 g/mol. The van der Waals surface area contributed by atoms with Crippen LogP contribution >= 0.6 is 23.5 Å². The Morgan fingerprint density at radius 3 is 2.15 bits per heavy atom. The molecule has 0 bridgehead atoms. The molecule has 13 heavy (non-hydrogen) atoms. The Hall–Kier alpha value is 0.130. The van der Waals surface area contributed by atoms with Gasteiger partial charge in [0.25, 0.3) is 0 Å². The van der Waals surface area contributed by atoms with Gasteiger partial charge in [0, 0.05) is 0 Å². The number of carboxylic acid groups (broad SMARTS) is 1. The average Bonchev–Trinajstić information content (AvgIpc) is 2.05. The Morgan fingerprint density at radius 2 is 1.85 bits per heavy atom. The van der Waals surface area contributed by atoms with E-state index in [9.17, 15) is 4.79 Å². The van der Waals surface area contributed by atoms with Gasteiger partial charge in [-0.2, -0.15) is 0 Å². The van der Waals surface area contributed by atoms with Crippen LogP contribution in [-0.2, 0) is 4.79 Å². The first-order valence-electron chi connectivity index (χ1n) is 4.33. The molecule has 0 spiro atoms. The van der Waals surface area contributed by atoms with Crippen LogP contribution in [0.25, 0.3) is 0 Å².